The second-order valence-corrected chi connectivity index (χ2v) is 11.1. The third kappa shape index (κ3) is 4.62. The summed E-state index contributed by atoms with van der Waals surface area (Å²) in [5.41, 5.74) is 6.64. The summed E-state index contributed by atoms with van der Waals surface area (Å²) < 4.78 is 30.9. The minimum Gasteiger partial charge on any atom is -0.369 e. The van der Waals surface area contributed by atoms with E-state index in [4.69, 9.17) is 4.98 Å². The first kappa shape index (κ1) is 23.5. The fraction of sp³-hybridized carbons (Fsp3) is 0.407. The van der Waals surface area contributed by atoms with E-state index >= 15 is 0 Å². The predicted octanol–water partition coefficient (Wildman–Crippen LogP) is 5.25. The lowest BCUT2D eigenvalue weighted by atomic mass is 10.0. The number of aryl methyl sites for hydroxylation is 1. The Kier molecular flexibility index (Phi) is 6.00. The molecule has 0 spiro atoms. The number of hydrogen-bond donors (Lipinski definition) is 0. The molecule has 2 aliphatic heterocycles. The molecule has 3 aliphatic rings. The molecule has 0 N–H and O–H groups in total. The molecule has 1 atom stereocenters. The van der Waals surface area contributed by atoms with E-state index in [1.165, 1.54) is 28.9 Å². The van der Waals surface area contributed by atoms with Crippen molar-refractivity contribution in [3.05, 3.63) is 66.0 Å². The van der Waals surface area contributed by atoms with E-state index in [-0.39, 0.29) is 6.42 Å². The van der Waals surface area contributed by atoms with Crippen molar-refractivity contribution in [2.24, 2.45) is 5.92 Å². The monoisotopic (exact) mass is 508 g/mol. The van der Waals surface area contributed by atoms with Gasteiger partial charge in [-0.05, 0) is 48.4 Å². The highest BCUT2D eigenvalue weighted by Gasteiger charge is 2.57. The number of fused-ring (bicyclic) bond motifs is 1. The molecule has 1 aliphatic carbocycles. The number of nitrogens with zero attached hydrogens (tertiary/aromatic N) is 6. The summed E-state index contributed by atoms with van der Waals surface area (Å²) in [4.78, 5) is 14.0. The summed E-state index contributed by atoms with van der Waals surface area (Å²) in [7, 11) is 1.94. The molecule has 0 radical (unpaired) electrons. The smallest absolute Gasteiger partial charge is 0.253 e. The van der Waals surface area contributed by atoms with Crippen LogP contribution >= 0.6 is 12.1 Å². The van der Waals surface area contributed by atoms with Crippen molar-refractivity contribution in [2.45, 2.75) is 25.8 Å². The maximum atomic E-state index is 13.5. The van der Waals surface area contributed by atoms with E-state index in [0.29, 0.717) is 6.54 Å². The highest BCUT2D eigenvalue weighted by atomic mass is 32.2. The van der Waals surface area contributed by atoms with Crippen molar-refractivity contribution in [3.8, 4) is 11.3 Å². The van der Waals surface area contributed by atoms with Crippen LogP contribution in [0.3, 0.4) is 0 Å². The maximum Gasteiger partial charge on any atom is 0.253 e. The van der Waals surface area contributed by atoms with Crippen LogP contribution in [0, 0.1) is 12.8 Å². The summed E-state index contributed by atoms with van der Waals surface area (Å²) in [6.45, 7) is 7.40. The molecule has 6 nitrogen and oxygen atoms in total. The van der Waals surface area contributed by atoms with E-state index < -0.39 is 11.8 Å². The van der Waals surface area contributed by atoms with Gasteiger partial charge in [-0.3, -0.25) is 18.5 Å². The van der Waals surface area contributed by atoms with Gasteiger partial charge in [0.1, 0.15) is 0 Å². The molecule has 36 heavy (non-hydrogen) atoms. The number of hydrogen-bond acceptors (Lipinski definition) is 7. The van der Waals surface area contributed by atoms with Gasteiger partial charge in [-0.1, -0.05) is 12.1 Å². The number of benzene rings is 1. The van der Waals surface area contributed by atoms with E-state index in [2.05, 4.69) is 52.0 Å². The lowest BCUT2D eigenvalue weighted by Crippen LogP contribution is -2.45. The molecule has 1 unspecified atom stereocenters. The summed E-state index contributed by atoms with van der Waals surface area (Å²) in [5, 5.41) is 0. The van der Waals surface area contributed by atoms with Crippen LogP contribution in [-0.4, -0.2) is 60.6 Å². The number of rotatable bonds is 6. The first-order chi connectivity index (χ1) is 17.4. The molecule has 188 valence electrons. The second-order valence-electron chi connectivity index (χ2n) is 9.96. The topological polar surface area (TPSA) is 38.7 Å². The fourth-order valence-corrected chi connectivity index (χ4v) is 6.05. The van der Waals surface area contributed by atoms with Gasteiger partial charge >= 0.3 is 0 Å². The van der Waals surface area contributed by atoms with Gasteiger partial charge in [0.25, 0.3) is 5.92 Å². The Labute approximate surface area is 215 Å². The summed E-state index contributed by atoms with van der Waals surface area (Å²) >= 11 is 1.45. The van der Waals surface area contributed by atoms with Crippen molar-refractivity contribution in [3.63, 3.8) is 0 Å². The summed E-state index contributed by atoms with van der Waals surface area (Å²) in [6, 6.07) is 14.8. The van der Waals surface area contributed by atoms with Crippen LogP contribution in [0.4, 0.5) is 26.0 Å². The van der Waals surface area contributed by atoms with Gasteiger partial charge in [-0.15, -0.1) is 0 Å². The van der Waals surface area contributed by atoms with Crippen LogP contribution in [0.5, 0.6) is 0 Å². The van der Waals surface area contributed by atoms with Gasteiger partial charge in [-0.2, -0.15) is 0 Å². The number of halogens is 2. The van der Waals surface area contributed by atoms with Gasteiger partial charge < -0.3 is 4.90 Å². The largest absolute Gasteiger partial charge is 0.369 e. The zero-order chi connectivity index (χ0) is 24.9. The molecular weight excluding hydrogens is 478 g/mol. The second kappa shape index (κ2) is 9.19. The lowest BCUT2D eigenvalue weighted by Gasteiger charge is -2.36. The quantitative estimate of drug-likeness (QED) is 0.421. The molecule has 1 saturated carbocycles. The van der Waals surface area contributed by atoms with Crippen molar-refractivity contribution in [1.82, 2.24) is 14.9 Å². The fourth-order valence-electron chi connectivity index (χ4n) is 5.07. The molecule has 2 aromatic heterocycles. The SMILES string of the molecule is Cc1ccc(CN2CCN(c3ccncc3)CC2)cc1-c1ccc2c(n1)N(C)SN2CC1CC1(F)F. The lowest BCUT2D eigenvalue weighted by molar-refractivity contribution is 0.101. The Morgan fingerprint density at radius 1 is 1.03 bits per heavy atom. The zero-order valence-corrected chi connectivity index (χ0v) is 21.4. The van der Waals surface area contributed by atoms with Crippen molar-refractivity contribution >= 4 is 29.3 Å². The number of anilines is 3. The van der Waals surface area contributed by atoms with E-state index in [0.717, 1.165) is 55.5 Å². The normalized spacial score (nSPS) is 21.1. The highest BCUT2D eigenvalue weighted by molar-refractivity contribution is 8.02. The zero-order valence-electron chi connectivity index (χ0n) is 20.6. The van der Waals surface area contributed by atoms with E-state index in [9.17, 15) is 8.78 Å². The molecule has 9 heteroatoms. The molecule has 1 saturated heterocycles. The third-order valence-electron chi connectivity index (χ3n) is 7.37. The molecular formula is C27H30F2N6S. The Bertz CT molecular complexity index is 1250. The number of pyridine rings is 2. The minimum atomic E-state index is -2.52. The molecule has 3 aromatic rings. The third-order valence-corrected chi connectivity index (χ3v) is 8.33. The standard InChI is InChI=1S/C27H30F2N6S/c1-19-3-4-20(17-33-11-13-34(14-12-33)22-7-9-30-10-8-22)15-23(19)24-5-6-25-26(31-24)32(2)36-35(25)18-21-16-27(21,28)29/h3-10,15,21H,11-14,16-18H2,1-2H3. The maximum absolute atomic E-state index is 13.5. The molecule has 0 bridgehead atoms. The van der Waals surface area contributed by atoms with Crippen LogP contribution in [0.2, 0.25) is 0 Å². The average molecular weight is 509 g/mol. The number of aromatic nitrogens is 2. The Morgan fingerprint density at radius 3 is 2.50 bits per heavy atom. The Hall–Kier alpha value is -2.91. The van der Waals surface area contributed by atoms with Gasteiger partial charge in [0.05, 0.1) is 23.5 Å². The van der Waals surface area contributed by atoms with E-state index in [1.807, 2.05) is 40.2 Å². The average Bonchev–Trinajstić information content (AvgIpc) is 3.37. The highest BCUT2D eigenvalue weighted by Crippen LogP contribution is 2.52. The van der Waals surface area contributed by atoms with Gasteiger partial charge in [-0.25, -0.2) is 13.8 Å². The van der Waals surface area contributed by atoms with E-state index in [1.54, 1.807) is 0 Å². The number of alkyl halides is 2. The first-order valence-electron chi connectivity index (χ1n) is 12.4. The van der Waals surface area contributed by atoms with Gasteiger partial charge in [0, 0.05) is 82.3 Å². The van der Waals surface area contributed by atoms with Crippen molar-refractivity contribution in [1.29, 1.82) is 0 Å². The van der Waals surface area contributed by atoms with Gasteiger partial charge in [0.2, 0.25) is 0 Å². The van der Waals surface area contributed by atoms with Crippen LogP contribution in [0.1, 0.15) is 17.5 Å². The Balaban J connectivity index is 1.15. The Morgan fingerprint density at radius 2 is 1.78 bits per heavy atom. The van der Waals surface area contributed by atoms with Crippen molar-refractivity contribution in [2.75, 3.05) is 53.3 Å². The van der Waals surface area contributed by atoms with Crippen LogP contribution in [0.15, 0.2) is 54.9 Å². The molecule has 4 heterocycles. The molecule has 6 rings (SSSR count). The van der Waals surface area contributed by atoms with Crippen LogP contribution in [0.25, 0.3) is 11.3 Å². The minimum absolute atomic E-state index is 0.0145. The van der Waals surface area contributed by atoms with Gasteiger partial charge in [0.15, 0.2) is 5.82 Å². The molecule has 2 fully saturated rings. The molecule has 0 amide bonds. The summed E-state index contributed by atoms with van der Waals surface area (Å²) in [5.74, 6) is -2.24. The first-order valence-corrected chi connectivity index (χ1v) is 13.2. The number of piperazine rings is 1. The summed E-state index contributed by atoms with van der Waals surface area (Å²) in [6.07, 6.45) is 3.68. The van der Waals surface area contributed by atoms with Crippen LogP contribution in [-0.2, 0) is 6.54 Å². The van der Waals surface area contributed by atoms with Crippen LogP contribution < -0.4 is 13.5 Å². The van der Waals surface area contributed by atoms with Crippen molar-refractivity contribution < 1.29 is 8.78 Å². The predicted molar refractivity (Wildman–Crippen MR) is 143 cm³/mol. The molecule has 1 aromatic carbocycles.